The number of unbranched alkanes of at least 4 members (excludes halogenated alkanes) is 1. The first-order chi connectivity index (χ1) is 8.87. The quantitative estimate of drug-likeness (QED) is 0.623. The molecule has 0 aliphatic rings. The molecule has 3 N–H and O–H groups in total. The summed E-state index contributed by atoms with van der Waals surface area (Å²) in [5.41, 5.74) is 7.72. The van der Waals surface area contributed by atoms with E-state index in [0.29, 0.717) is 11.8 Å². The van der Waals surface area contributed by atoms with Gasteiger partial charge in [-0.2, -0.15) is 0 Å². The summed E-state index contributed by atoms with van der Waals surface area (Å²) in [7, 11) is 0. The van der Waals surface area contributed by atoms with Crippen molar-refractivity contribution in [2.75, 3.05) is 12.3 Å². The van der Waals surface area contributed by atoms with Gasteiger partial charge in [0.1, 0.15) is 0 Å². The van der Waals surface area contributed by atoms with Crippen molar-refractivity contribution in [1.82, 2.24) is 5.32 Å². The van der Waals surface area contributed by atoms with Crippen LogP contribution in [0.5, 0.6) is 0 Å². The van der Waals surface area contributed by atoms with E-state index in [0.717, 1.165) is 30.6 Å². The van der Waals surface area contributed by atoms with Crippen molar-refractivity contribution in [3.63, 3.8) is 0 Å². The molecule has 0 saturated heterocycles. The van der Waals surface area contributed by atoms with Gasteiger partial charge < -0.3 is 11.1 Å². The van der Waals surface area contributed by atoms with E-state index >= 15 is 0 Å². The molecule has 1 aromatic rings. The molecule has 3 nitrogen and oxygen atoms in total. The number of hydrogen-bond donors (Lipinski definition) is 2. The Kier molecular flexibility index (Phi) is 8.31. The Balaban J connectivity index is 0.00000361. The first-order valence-electron chi connectivity index (χ1n) is 6.98. The molecule has 0 saturated carbocycles. The minimum atomic E-state index is 0. The Bertz CT molecular complexity index is 396. The number of amides is 1. The zero-order valence-electron chi connectivity index (χ0n) is 12.7. The van der Waals surface area contributed by atoms with Gasteiger partial charge in [-0.05, 0) is 36.0 Å². The molecular weight excluding hydrogens is 272 g/mol. The van der Waals surface area contributed by atoms with Gasteiger partial charge in [0.05, 0.1) is 6.42 Å². The molecule has 0 atom stereocenters. The number of benzene rings is 1. The summed E-state index contributed by atoms with van der Waals surface area (Å²) in [6.45, 7) is 7.50. The highest BCUT2D eigenvalue weighted by Crippen LogP contribution is 2.21. The summed E-state index contributed by atoms with van der Waals surface area (Å²) in [5.74, 6) is 0.0838. The molecule has 0 heterocycles. The predicted molar refractivity (Wildman–Crippen MR) is 88.1 cm³/mol. The van der Waals surface area contributed by atoms with Crippen LogP contribution in [0, 0.1) is 5.41 Å². The fourth-order valence-electron chi connectivity index (χ4n) is 1.89. The monoisotopic (exact) mass is 298 g/mol. The molecule has 0 aliphatic heterocycles. The lowest BCUT2D eigenvalue weighted by Gasteiger charge is -2.17. The minimum absolute atomic E-state index is 0. The Hall–Kier alpha value is -1.22. The average Bonchev–Trinajstić information content (AvgIpc) is 2.30. The molecule has 0 radical (unpaired) electrons. The number of nitrogens with two attached hydrogens (primary N) is 1. The number of nitrogens with one attached hydrogen (secondary N) is 1. The number of hydrogen-bond acceptors (Lipinski definition) is 2. The third-order valence-electron chi connectivity index (χ3n) is 3.02. The van der Waals surface area contributed by atoms with E-state index in [9.17, 15) is 4.79 Å². The van der Waals surface area contributed by atoms with Crippen LogP contribution in [0.2, 0.25) is 0 Å². The molecule has 0 unspecified atom stereocenters. The number of halogens is 1. The summed E-state index contributed by atoms with van der Waals surface area (Å²) in [4.78, 5) is 11.7. The zero-order valence-corrected chi connectivity index (χ0v) is 13.6. The van der Waals surface area contributed by atoms with Crippen molar-refractivity contribution in [3.05, 3.63) is 29.8 Å². The van der Waals surface area contributed by atoms with Crippen LogP contribution in [0.3, 0.4) is 0 Å². The van der Waals surface area contributed by atoms with Gasteiger partial charge in [-0.15, -0.1) is 12.4 Å². The molecule has 0 fully saturated rings. The van der Waals surface area contributed by atoms with E-state index in [1.165, 1.54) is 6.42 Å². The van der Waals surface area contributed by atoms with Gasteiger partial charge >= 0.3 is 0 Å². The largest absolute Gasteiger partial charge is 0.399 e. The number of carbonyl (C=O) groups excluding carboxylic acids is 1. The van der Waals surface area contributed by atoms with Crippen LogP contribution < -0.4 is 11.1 Å². The number of anilines is 1. The summed E-state index contributed by atoms with van der Waals surface area (Å²) in [5, 5.41) is 2.96. The smallest absolute Gasteiger partial charge is 0.224 e. The van der Waals surface area contributed by atoms with Crippen LogP contribution >= 0.6 is 12.4 Å². The van der Waals surface area contributed by atoms with Crippen molar-refractivity contribution in [3.8, 4) is 0 Å². The van der Waals surface area contributed by atoms with Crippen molar-refractivity contribution in [2.24, 2.45) is 5.41 Å². The predicted octanol–water partition coefficient (Wildman–Crippen LogP) is 3.57. The molecule has 0 bridgehead atoms. The average molecular weight is 299 g/mol. The summed E-state index contributed by atoms with van der Waals surface area (Å²) in [6, 6.07) is 7.45. The van der Waals surface area contributed by atoms with Gasteiger partial charge in [0.2, 0.25) is 5.91 Å². The van der Waals surface area contributed by atoms with Crippen molar-refractivity contribution in [1.29, 1.82) is 0 Å². The number of rotatable bonds is 6. The lowest BCUT2D eigenvalue weighted by atomic mass is 9.90. The molecule has 1 aromatic carbocycles. The minimum Gasteiger partial charge on any atom is -0.399 e. The maximum absolute atomic E-state index is 11.7. The van der Waals surface area contributed by atoms with Crippen LogP contribution in [0.1, 0.15) is 45.6 Å². The molecule has 0 aromatic heterocycles. The van der Waals surface area contributed by atoms with Crippen LogP contribution in [-0.4, -0.2) is 12.5 Å². The second-order valence-electron chi connectivity index (χ2n) is 6.29. The molecule has 1 amide bonds. The van der Waals surface area contributed by atoms with Crippen molar-refractivity contribution >= 4 is 24.0 Å². The molecule has 0 aliphatic carbocycles. The van der Waals surface area contributed by atoms with Crippen LogP contribution in [0.25, 0.3) is 0 Å². The first-order valence-corrected chi connectivity index (χ1v) is 6.98. The highest BCUT2D eigenvalue weighted by Gasteiger charge is 2.09. The van der Waals surface area contributed by atoms with E-state index in [2.05, 4.69) is 26.1 Å². The Labute approximate surface area is 128 Å². The molecular formula is C16H27ClN2O. The topological polar surface area (TPSA) is 55.1 Å². The third-order valence-corrected chi connectivity index (χ3v) is 3.02. The second-order valence-corrected chi connectivity index (χ2v) is 6.29. The van der Waals surface area contributed by atoms with Gasteiger partial charge in [0.25, 0.3) is 0 Å². The first kappa shape index (κ1) is 18.8. The van der Waals surface area contributed by atoms with E-state index < -0.39 is 0 Å². The van der Waals surface area contributed by atoms with Crippen LogP contribution in [0.15, 0.2) is 24.3 Å². The Morgan fingerprint density at radius 3 is 2.30 bits per heavy atom. The second kappa shape index (κ2) is 8.85. The lowest BCUT2D eigenvalue weighted by Crippen LogP contribution is -2.26. The number of carbonyl (C=O) groups is 1. The molecule has 0 spiro atoms. The SMILES string of the molecule is CC(C)(C)CCCCNC(=O)Cc1ccc(N)cc1.Cl. The van der Waals surface area contributed by atoms with Crippen molar-refractivity contribution < 1.29 is 4.79 Å². The van der Waals surface area contributed by atoms with Crippen molar-refractivity contribution in [2.45, 2.75) is 46.5 Å². The van der Waals surface area contributed by atoms with E-state index in [4.69, 9.17) is 5.73 Å². The molecule has 114 valence electrons. The normalized spacial score (nSPS) is 10.8. The summed E-state index contributed by atoms with van der Waals surface area (Å²) < 4.78 is 0. The molecule has 4 heteroatoms. The van der Waals surface area contributed by atoms with Gasteiger partial charge in [-0.25, -0.2) is 0 Å². The fraction of sp³-hybridized carbons (Fsp3) is 0.562. The van der Waals surface area contributed by atoms with Gasteiger partial charge in [-0.3, -0.25) is 4.79 Å². The molecule has 20 heavy (non-hydrogen) atoms. The van der Waals surface area contributed by atoms with E-state index in [1.807, 2.05) is 24.3 Å². The van der Waals surface area contributed by atoms with E-state index in [-0.39, 0.29) is 18.3 Å². The van der Waals surface area contributed by atoms with Crippen LogP contribution in [0.4, 0.5) is 5.69 Å². The third kappa shape index (κ3) is 8.81. The van der Waals surface area contributed by atoms with Gasteiger partial charge in [0.15, 0.2) is 0 Å². The summed E-state index contributed by atoms with van der Waals surface area (Å²) in [6.07, 6.45) is 3.83. The Morgan fingerprint density at radius 1 is 1.15 bits per heavy atom. The fourth-order valence-corrected chi connectivity index (χ4v) is 1.89. The van der Waals surface area contributed by atoms with Crippen LogP contribution in [-0.2, 0) is 11.2 Å². The van der Waals surface area contributed by atoms with Gasteiger partial charge in [0, 0.05) is 12.2 Å². The zero-order chi connectivity index (χ0) is 14.3. The van der Waals surface area contributed by atoms with Gasteiger partial charge in [-0.1, -0.05) is 39.3 Å². The maximum Gasteiger partial charge on any atom is 0.224 e. The highest BCUT2D eigenvalue weighted by atomic mass is 35.5. The Morgan fingerprint density at radius 2 is 1.75 bits per heavy atom. The lowest BCUT2D eigenvalue weighted by molar-refractivity contribution is -0.120. The molecule has 1 rings (SSSR count). The maximum atomic E-state index is 11.7. The summed E-state index contributed by atoms with van der Waals surface area (Å²) >= 11 is 0. The van der Waals surface area contributed by atoms with E-state index in [1.54, 1.807) is 0 Å². The standard InChI is InChI=1S/C16H26N2O.ClH/c1-16(2,3)10-4-5-11-18-15(19)12-13-6-8-14(17)9-7-13;/h6-9H,4-5,10-12,17H2,1-3H3,(H,18,19);1H. The highest BCUT2D eigenvalue weighted by molar-refractivity contribution is 5.85. The number of nitrogen functional groups attached to an aromatic ring is 1.